The summed E-state index contributed by atoms with van der Waals surface area (Å²) in [4.78, 5) is 27.9. The van der Waals surface area contributed by atoms with Gasteiger partial charge < -0.3 is 4.90 Å². The molecule has 130 valence electrons. The van der Waals surface area contributed by atoms with Crippen molar-refractivity contribution in [3.63, 3.8) is 0 Å². The van der Waals surface area contributed by atoms with Gasteiger partial charge in [0.25, 0.3) is 5.91 Å². The Balaban J connectivity index is 1.71. The molecular weight excluding hydrogens is 328 g/mol. The van der Waals surface area contributed by atoms with Gasteiger partial charge in [-0.1, -0.05) is 31.5 Å². The van der Waals surface area contributed by atoms with Crippen molar-refractivity contribution in [1.29, 1.82) is 0 Å². The van der Waals surface area contributed by atoms with Crippen LogP contribution in [0.4, 0.5) is 4.79 Å². The summed E-state index contributed by atoms with van der Waals surface area (Å²) in [6.45, 7) is 1.97. The normalized spacial score (nSPS) is 27.5. The summed E-state index contributed by atoms with van der Waals surface area (Å²) in [6.07, 6.45) is 2.09. The van der Waals surface area contributed by atoms with E-state index in [1.165, 1.54) is 9.80 Å². The topological polar surface area (TPSA) is 74.8 Å². The van der Waals surface area contributed by atoms with Crippen LogP contribution >= 0.6 is 0 Å². The molecule has 1 heterocycles. The maximum Gasteiger partial charge on any atom is 0.327 e. The first kappa shape index (κ1) is 17.0. The molecule has 2 fully saturated rings. The molecule has 2 aliphatic rings. The first-order chi connectivity index (χ1) is 11.4. The maximum absolute atomic E-state index is 12.6. The Labute approximate surface area is 142 Å². The molecular formula is C17H22N2O4S. The van der Waals surface area contributed by atoms with Gasteiger partial charge in [0, 0.05) is 13.1 Å². The smallest absolute Gasteiger partial charge is 0.315 e. The number of carbonyl (C=O) groups is 2. The molecule has 1 saturated heterocycles. The van der Waals surface area contributed by atoms with Gasteiger partial charge in [0.15, 0.2) is 9.84 Å². The van der Waals surface area contributed by atoms with Gasteiger partial charge in [-0.2, -0.15) is 0 Å². The number of amides is 3. The number of carbonyl (C=O) groups excluding carboxylic acids is 2. The number of likely N-dealkylation sites (N-methyl/N-ethyl adjacent to an activating group) is 1. The quantitative estimate of drug-likeness (QED) is 0.762. The van der Waals surface area contributed by atoms with E-state index in [-0.39, 0.29) is 18.0 Å². The number of hydrogen-bond acceptors (Lipinski definition) is 4. The molecule has 1 unspecified atom stereocenters. The van der Waals surface area contributed by atoms with Crippen LogP contribution in [0, 0.1) is 0 Å². The molecule has 1 aliphatic heterocycles. The molecule has 0 spiro atoms. The number of hydrogen-bond donors (Lipinski definition) is 0. The van der Waals surface area contributed by atoms with Crippen LogP contribution in [0.25, 0.3) is 0 Å². The summed E-state index contributed by atoms with van der Waals surface area (Å²) >= 11 is 0. The van der Waals surface area contributed by atoms with E-state index < -0.39 is 21.1 Å². The maximum atomic E-state index is 12.6. The van der Waals surface area contributed by atoms with Crippen LogP contribution in [-0.2, 0) is 14.6 Å². The molecule has 6 nitrogen and oxygen atoms in total. The molecule has 0 radical (unpaired) electrons. The Morgan fingerprint density at radius 2 is 1.75 bits per heavy atom. The summed E-state index contributed by atoms with van der Waals surface area (Å²) in [5, 5.41) is -0.527. The van der Waals surface area contributed by atoms with E-state index in [0.29, 0.717) is 24.2 Å². The van der Waals surface area contributed by atoms with Crippen LogP contribution in [0.1, 0.15) is 32.6 Å². The Kier molecular flexibility index (Phi) is 4.38. The average molecular weight is 350 g/mol. The Bertz CT molecular complexity index is 741. The molecule has 24 heavy (non-hydrogen) atoms. The molecule has 1 aromatic carbocycles. The van der Waals surface area contributed by atoms with Crippen LogP contribution in [-0.4, -0.2) is 54.5 Å². The highest BCUT2D eigenvalue weighted by molar-refractivity contribution is 7.92. The van der Waals surface area contributed by atoms with Gasteiger partial charge >= 0.3 is 6.03 Å². The summed E-state index contributed by atoms with van der Waals surface area (Å²) in [6, 6.07) is 7.30. The summed E-state index contributed by atoms with van der Waals surface area (Å²) in [5.74, 6) is -0.190. The second kappa shape index (κ2) is 6.20. The molecule has 0 N–H and O–H groups in total. The van der Waals surface area contributed by atoms with Crippen molar-refractivity contribution < 1.29 is 18.0 Å². The van der Waals surface area contributed by atoms with Crippen LogP contribution in [0.5, 0.6) is 0 Å². The van der Waals surface area contributed by atoms with Gasteiger partial charge in [0.2, 0.25) is 0 Å². The first-order valence-electron chi connectivity index (χ1n) is 8.26. The third kappa shape index (κ3) is 2.60. The Morgan fingerprint density at radius 3 is 2.33 bits per heavy atom. The SMILES string of the molecule is CCCC1C(=O)N(C2CC(S(=O)(=O)c3ccccc3)C2)C(=O)N1C. The molecule has 3 amide bonds. The molecule has 1 atom stereocenters. The van der Waals surface area contributed by atoms with Crippen molar-refractivity contribution >= 4 is 21.8 Å². The average Bonchev–Trinajstić information content (AvgIpc) is 2.72. The van der Waals surface area contributed by atoms with Gasteiger partial charge in [0.1, 0.15) is 6.04 Å². The summed E-state index contributed by atoms with van der Waals surface area (Å²) in [7, 11) is -1.76. The standard InChI is InChI=1S/C17H22N2O4S/c1-3-7-15-16(20)19(17(21)18(15)2)12-10-14(11-12)24(22,23)13-8-5-4-6-9-13/h4-6,8-9,12,14-15H,3,7,10-11H2,1-2H3. The van der Waals surface area contributed by atoms with E-state index >= 15 is 0 Å². The Morgan fingerprint density at radius 1 is 1.12 bits per heavy atom. The van der Waals surface area contributed by atoms with Crippen molar-refractivity contribution in [3.8, 4) is 0 Å². The number of rotatable bonds is 5. The molecule has 0 aromatic heterocycles. The fourth-order valence-electron chi connectivity index (χ4n) is 3.46. The summed E-state index contributed by atoms with van der Waals surface area (Å²) in [5.41, 5.74) is 0. The van der Waals surface area contributed by atoms with Crippen molar-refractivity contribution in [2.45, 2.75) is 54.8 Å². The predicted molar refractivity (Wildman–Crippen MR) is 89.1 cm³/mol. The Hall–Kier alpha value is -1.89. The number of urea groups is 1. The van der Waals surface area contributed by atoms with Gasteiger partial charge in [-0.15, -0.1) is 0 Å². The monoisotopic (exact) mass is 350 g/mol. The molecule has 0 bridgehead atoms. The lowest BCUT2D eigenvalue weighted by Gasteiger charge is -2.39. The fourth-order valence-corrected chi connectivity index (χ4v) is 5.33. The lowest BCUT2D eigenvalue weighted by molar-refractivity contribution is -0.130. The number of imide groups is 1. The minimum atomic E-state index is -3.40. The molecule has 3 rings (SSSR count). The van der Waals surface area contributed by atoms with Crippen molar-refractivity contribution in [1.82, 2.24) is 9.80 Å². The highest BCUT2D eigenvalue weighted by Crippen LogP contribution is 2.37. The van der Waals surface area contributed by atoms with Crippen LogP contribution in [0.3, 0.4) is 0 Å². The second-order valence-corrected chi connectivity index (χ2v) is 8.74. The summed E-state index contributed by atoms with van der Waals surface area (Å²) < 4.78 is 25.1. The fraction of sp³-hybridized carbons (Fsp3) is 0.529. The third-order valence-corrected chi connectivity index (χ3v) is 7.20. The zero-order valence-corrected chi connectivity index (χ0v) is 14.7. The van der Waals surface area contributed by atoms with Crippen LogP contribution in [0.2, 0.25) is 0 Å². The zero-order valence-electron chi connectivity index (χ0n) is 13.9. The molecule has 7 heteroatoms. The van der Waals surface area contributed by atoms with Crippen molar-refractivity contribution in [3.05, 3.63) is 30.3 Å². The van der Waals surface area contributed by atoms with Crippen LogP contribution in [0.15, 0.2) is 35.2 Å². The first-order valence-corrected chi connectivity index (χ1v) is 9.81. The predicted octanol–water partition coefficient (Wildman–Crippen LogP) is 2.05. The second-order valence-electron chi connectivity index (χ2n) is 6.51. The van der Waals surface area contributed by atoms with E-state index in [9.17, 15) is 18.0 Å². The van der Waals surface area contributed by atoms with Crippen molar-refractivity contribution in [2.75, 3.05) is 7.05 Å². The zero-order chi connectivity index (χ0) is 17.5. The lowest BCUT2D eigenvalue weighted by Crippen LogP contribution is -2.52. The highest BCUT2D eigenvalue weighted by atomic mass is 32.2. The van der Waals surface area contributed by atoms with E-state index in [2.05, 4.69) is 0 Å². The molecule has 1 aromatic rings. The van der Waals surface area contributed by atoms with Gasteiger partial charge in [-0.3, -0.25) is 9.69 Å². The largest absolute Gasteiger partial charge is 0.327 e. The third-order valence-electron chi connectivity index (χ3n) is 5.01. The lowest BCUT2D eigenvalue weighted by atomic mass is 9.90. The molecule has 1 saturated carbocycles. The molecule has 1 aliphatic carbocycles. The van der Waals surface area contributed by atoms with E-state index in [0.717, 1.165) is 6.42 Å². The van der Waals surface area contributed by atoms with Gasteiger partial charge in [-0.25, -0.2) is 13.2 Å². The van der Waals surface area contributed by atoms with E-state index in [4.69, 9.17) is 0 Å². The van der Waals surface area contributed by atoms with Gasteiger partial charge in [0.05, 0.1) is 10.1 Å². The van der Waals surface area contributed by atoms with E-state index in [1.807, 2.05) is 6.92 Å². The van der Waals surface area contributed by atoms with Crippen LogP contribution < -0.4 is 0 Å². The highest BCUT2D eigenvalue weighted by Gasteiger charge is 2.51. The number of benzene rings is 1. The number of nitrogens with zero attached hydrogens (tertiary/aromatic N) is 2. The minimum absolute atomic E-state index is 0.190. The minimum Gasteiger partial charge on any atom is -0.315 e. The van der Waals surface area contributed by atoms with E-state index in [1.54, 1.807) is 37.4 Å². The number of sulfone groups is 1. The van der Waals surface area contributed by atoms with Crippen molar-refractivity contribution in [2.24, 2.45) is 0 Å². The van der Waals surface area contributed by atoms with Gasteiger partial charge in [-0.05, 0) is 31.4 Å².